The Morgan fingerprint density at radius 1 is 1.41 bits per heavy atom. The molecule has 2 N–H and O–H groups in total. The molecule has 1 aromatic heterocycles. The number of benzene rings is 1. The highest BCUT2D eigenvalue weighted by Gasteiger charge is 2.04. The second-order valence-corrected chi connectivity index (χ2v) is 3.55. The number of hydrogen-bond donors (Lipinski definition) is 1. The highest BCUT2D eigenvalue weighted by molar-refractivity contribution is 5.37. The van der Waals surface area contributed by atoms with E-state index in [1.807, 2.05) is 6.07 Å². The molecule has 1 aromatic carbocycles. The van der Waals surface area contributed by atoms with Gasteiger partial charge in [0.1, 0.15) is 0 Å². The first-order valence-corrected chi connectivity index (χ1v) is 5.01. The van der Waals surface area contributed by atoms with Crippen LogP contribution in [0.1, 0.15) is 11.1 Å². The first-order chi connectivity index (χ1) is 8.20. The average Bonchev–Trinajstić information content (AvgIpc) is 2.33. The van der Waals surface area contributed by atoms with Crippen molar-refractivity contribution in [3.8, 4) is 6.07 Å². The van der Waals surface area contributed by atoms with Crippen molar-refractivity contribution < 1.29 is 0 Å². The Morgan fingerprint density at radius 3 is 2.88 bits per heavy atom. The lowest BCUT2D eigenvalue weighted by Gasteiger charge is -2.05. The Hall–Kier alpha value is -2.61. The maximum atomic E-state index is 11.6. The molecule has 2 rings (SSSR count). The number of nitrogen functional groups attached to an aromatic ring is 1. The van der Waals surface area contributed by atoms with Gasteiger partial charge in [-0.2, -0.15) is 10.4 Å². The van der Waals surface area contributed by atoms with E-state index in [-0.39, 0.29) is 12.1 Å². The van der Waals surface area contributed by atoms with E-state index >= 15 is 0 Å². The predicted molar refractivity (Wildman–Crippen MR) is 63.2 cm³/mol. The van der Waals surface area contributed by atoms with Crippen LogP contribution in [0.2, 0.25) is 0 Å². The third-order valence-electron chi connectivity index (χ3n) is 2.35. The maximum absolute atomic E-state index is 11.6. The van der Waals surface area contributed by atoms with Gasteiger partial charge in [-0.05, 0) is 11.6 Å². The van der Waals surface area contributed by atoms with Gasteiger partial charge >= 0.3 is 0 Å². The number of hydrogen-bond acceptors (Lipinski definition) is 4. The van der Waals surface area contributed by atoms with Crippen molar-refractivity contribution in [2.24, 2.45) is 0 Å². The molecule has 0 saturated heterocycles. The number of nitrogens with zero attached hydrogens (tertiary/aromatic N) is 3. The zero-order chi connectivity index (χ0) is 12.3. The van der Waals surface area contributed by atoms with Gasteiger partial charge in [-0.1, -0.05) is 18.2 Å². The van der Waals surface area contributed by atoms with Crippen LogP contribution in [0, 0.1) is 11.3 Å². The molecule has 5 nitrogen and oxygen atoms in total. The summed E-state index contributed by atoms with van der Waals surface area (Å²) < 4.78 is 1.27. The quantitative estimate of drug-likeness (QED) is 0.818. The molecule has 0 spiro atoms. The molecule has 0 bridgehead atoms. The van der Waals surface area contributed by atoms with Crippen molar-refractivity contribution >= 4 is 5.69 Å². The van der Waals surface area contributed by atoms with E-state index < -0.39 is 0 Å². The normalized spacial score (nSPS) is 9.82. The number of anilines is 1. The number of aromatic nitrogens is 2. The van der Waals surface area contributed by atoms with Crippen LogP contribution in [0.5, 0.6) is 0 Å². The van der Waals surface area contributed by atoms with Crippen molar-refractivity contribution in [2.75, 3.05) is 5.73 Å². The SMILES string of the molecule is N#Cc1ccccc1Cn1ncc(N)cc1=O. The fourth-order valence-corrected chi connectivity index (χ4v) is 1.49. The van der Waals surface area contributed by atoms with Gasteiger partial charge < -0.3 is 5.73 Å². The van der Waals surface area contributed by atoms with Gasteiger partial charge in [-0.15, -0.1) is 0 Å². The van der Waals surface area contributed by atoms with Crippen LogP contribution in [-0.2, 0) is 6.54 Å². The zero-order valence-corrected chi connectivity index (χ0v) is 9.00. The maximum Gasteiger partial charge on any atom is 0.269 e. The van der Waals surface area contributed by atoms with Gasteiger partial charge in [-0.3, -0.25) is 4.79 Å². The molecule has 0 unspecified atom stereocenters. The zero-order valence-electron chi connectivity index (χ0n) is 9.00. The lowest BCUT2D eigenvalue weighted by Crippen LogP contribution is -2.23. The Balaban J connectivity index is 2.39. The Morgan fingerprint density at radius 2 is 2.18 bits per heavy atom. The van der Waals surface area contributed by atoms with E-state index in [1.165, 1.54) is 16.9 Å². The fourth-order valence-electron chi connectivity index (χ4n) is 1.49. The summed E-state index contributed by atoms with van der Waals surface area (Å²) in [7, 11) is 0. The van der Waals surface area contributed by atoms with Gasteiger partial charge in [-0.25, -0.2) is 4.68 Å². The minimum absolute atomic E-state index is 0.267. The topological polar surface area (TPSA) is 84.7 Å². The van der Waals surface area contributed by atoms with Gasteiger partial charge in [0.05, 0.1) is 30.1 Å². The summed E-state index contributed by atoms with van der Waals surface area (Å²) >= 11 is 0. The highest BCUT2D eigenvalue weighted by atomic mass is 16.1. The molecule has 1 heterocycles. The largest absolute Gasteiger partial charge is 0.397 e. The van der Waals surface area contributed by atoms with Gasteiger partial charge in [0.15, 0.2) is 0 Å². The Labute approximate surface area is 97.7 Å². The van der Waals surface area contributed by atoms with Crippen molar-refractivity contribution in [2.45, 2.75) is 6.54 Å². The Bertz CT molecular complexity index is 639. The molecular weight excluding hydrogens is 216 g/mol. The Kier molecular flexibility index (Phi) is 2.88. The van der Waals surface area contributed by atoms with Crippen molar-refractivity contribution in [1.82, 2.24) is 9.78 Å². The van der Waals surface area contributed by atoms with Crippen LogP contribution in [0.15, 0.2) is 41.3 Å². The molecule has 0 amide bonds. The van der Waals surface area contributed by atoms with Crippen LogP contribution in [-0.4, -0.2) is 9.78 Å². The predicted octanol–water partition coefficient (Wildman–Crippen LogP) is 0.745. The van der Waals surface area contributed by atoms with E-state index in [2.05, 4.69) is 11.2 Å². The minimum atomic E-state index is -0.280. The van der Waals surface area contributed by atoms with Crippen molar-refractivity contribution in [3.05, 3.63) is 58.0 Å². The number of nitriles is 1. The third kappa shape index (κ3) is 2.32. The second kappa shape index (κ2) is 4.49. The minimum Gasteiger partial charge on any atom is -0.397 e. The van der Waals surface area contributed by atoms with Crippen molar-refractivity contribution in [1.29, 1.82) is 5.26 Å². The smallest absolute Gasteiger partial charge is 0.269 e. The summed E-state index contributed by atoms with van der Waals surface area (Å²) in [4.78, 5) is 11.6. The summed E-state index contributed by atoms with van der Waals surface area (Å²) in [6, 6.07) is 10.5. The summed E-state index contributed by atoms with van der Waals surface area (Å²) in [6.45, 7) is 0.267. The molecule has 2 aromatic rings. The molecule has 0 aliphatic carbocycles. The van der Waals surface area contributed by atoms with E-state index in [1.54, 1.807) is 18.2 Å². The number of nitrogens with two attached hydrogens (primary N) is 1. The first-order valence-electron chi connectivity index (χ1n) is 5.01. The van der Waals surface area contributed by atoms with Crippen LogP contribution in [0.4, 0.5) is 5.69 Å². The standard InChI is InChI=1S/C12H10N4O/c13-6-9-3-1-2-4-10(9)8-16-12(17)5-11(14)7-15-16/h1-5,7H,8,14H2. The summed E-state index contributed by atoms with van der Waals surface area (Å²) in [6.07, 6.45) is 1.41. The summed E-state index contributed by atoms with van der Waals surface area (Å²) in [5.74, 6) is 0. The van der Waals surface area contributed by atoms with Crippen LogP contribution >= 0.6 is 0 Å². The summed E-state index contributed by atoms with van der Waals surface area (Å²) in [5, 5.41) is 12.9. The second-order valence-electron chi connectivity index (χ2n) is 3.55. The molecule has 0 aliphatic heterocycles. The van der Waals surface area contributed by atoms with Crippen LogP contribution in [0.3, 0.4) is 0 Å². The molecular formula is C12H10N4O. The fraction of sp³-hybridized carbons (Fsp3) is 0.0833. The lowest BCUT2D eigenvalue weighted by atomic mass is 10.1. The lowest BCUT2D eigenvalue weighted by molar-refractivity contribution is 0.639. The van der Waals surface area contributed by atoms with Crippen molar-refractivity contribution in [3.63, 3.8) is 0 Å². The van der Waals surface area contributed by atoms with E-state index in [0.717, 1.165) is 5.56 Å². The molecule has 0 atom stereocenters. The van der Waals surface area contributed by atoms with E-state index in [0.29, 0.717) is 11.3 Å². The van der Waals surface area contributed by atoms with E-state index in [4.69, 9.17) is 11.0 Å². The first kappa shape index (κ1) is 10.9. The molecule has 0 radical (unpaired) electrons. The average molecular weight is 226 g/mol. The molecule has 17 heavy (non-hydrogen) atoms. The monoisotopic (exact) mass is 226 g/mol. The molecule has 0 fully saturated rings. The molecule has 84 valence electrons. The molecule has 0 saturated carbocycles. The van der Waals surface area contributed by atoms with Gasteiger partial charge in [0.25, 0.3) is 5.56 Å². The highest BCUT2D eigenvalue weighted by Crippen LogP contribution is 2.07. The van der Waals surface area contributed by atoms with Gasteiger partial charge in [0, 0.05) is 6.07 Å². The van der Waals surface area contributed by atoms with Gasteiger partial charge in [0.2, 0.25) is 0 Å². The van der Waals surface area contributed by atoms with E-state index in [9.17, 15) is 4.79 Å². The molecule has 5 heteroatoms. The van der Waals surface area contributed by atoms with Crippen LogP contribution in [0.25, 0.3) is 0 Å². The summed E-state index contributed by atoms with van der Waals surface area (Å²) in [5.41, 5.74) is 6.80. The molecule has 0 aliphatic rings. The van der Waals surface area contributed by atoms with Crippen LogP contribution < -0.4 is 11.3 Å². The number of rotatable bonds is 2. The third-order valence-corrected chi connectivity index (χ3v) is 2.35.